The average Bonchev–Trinajstić information content (AvgIpc) is 3.46. The van der Waals surface area contributed by atoms with Crippen LogP contribution in [-0.2, 0) is 25.5 Å². The summed E-state index contributed by atoms with van der Waals surface area (Å²) in [6.07, 6.45) is 3.12. The van der Waals surface area contributed by atoms with Gasteiger partial charge in [-0.25, -0.2) is 4.39 Å². The molecule has 1 radical (unpaired) electrons. The monoisotopic (exact) mass is 761 g/mol. The van der Waals surface area contributed by atoms with Gasteiger partial charge >= 0.3 is 0 Å². The third-order valence-electron chi connectivity index (χ3n) is 7.48. The number of nitrogens with zero attached hydrogens (tertiary/aromatic N) is 2. The third kappa shape index (κ3) is 6.40. The van der Waals surface area contributed by atoms with E-state index >= 15 is 0 Å². The zero-order chi connectivity index (χ0) is 35.0. The number of hydrogen-bond acceptors (Lipinski definition) is 3. The molecular formula is C39H31FIrN2O-2. The Morgan fingerprint density at radius 3 is 2.32 bits per heavy atom. The van der Waals surface area contributed by atoms with Crippen molar-refractivity contribution in [3.8, 4) is 22.5 Å². The molecule has 44 heavy (non-hydrogen) atoms. The molecule has 5 heteroatoms. The summed E-state index contributed by atoms with van der Waals surface area (Å²) in [5.74, 6) is -0.313. The molecule has 0 amide bonds. The van der Waals surface area contributed by atoms with Crippen LogP contribution in [0.15, 0.2) is 120 Å². The molecule has 0 bridgehead atoms. The first kappa shape index (κ1) is 23.9. The predicted molar refractivity (Wildman–Crippen MR) is 172 cm³/mol. The Labute approximate surface area is 279 Å². The number of furan rings is 1. The molecule has 0 N–H and O–H groups in total. The van der Waals surface area contributed by atoms with Gasteiger partial charge in [0.2, 0.25) is 0 Å². The van der Waals surface area contributed by atoms with Gasteiger partial charge in [0.25, 0.3) is 0 Å². The second-order valence-electron chi connectivity index (χ2n) is 10.7. The summed E-state index contributed by atoms with van der Waals surface area (Å²) in [7, 11) is 0. The van der Waals surface area contributed by atoms with Gasteiger partial charge < -0.3 is 14.4 Å². The molecule has 0 fully saturated rings. The Bertz CT molecular complexity index is 2180. The number of aromatic nitrogens is 2. The van der Waals surface area contributed by atoms with E-state index in [1.165, 1.54) is 42.1 Å². The quantitative estimate of drug-likeness (QED) is 0.168. The average molecular weight is 761 g/mol. The summed E-state index contributed by atoms with van der Waals surface area (Å²) in [5.41, 5.74) is 6.54. The Balaban J connectivity index is 0.000000204. The Kier molecular flexibility index (Phi) is 7.10. The number of benzene rings is 4. The van der Waals surface area contributed by atoms with Crippen LogP contribution in [-0.4, -0.2) is 9.97 Å². The van der Waals surface area contributed by atoms with Crippen LogP contribution in [0.1, 0.15) is 44.3 Å². The van der Waals surface area contributed by atoms with Gasteiger partial charge in [0.05, 0.1) is 5.58 Å². The molecule has 7 rings (SSSR count). The zero-order valence-electron chi connectivity index (χ0n) is 30.0. The van der Waals surface area contributed by atoms with Crippen molar-refractivity contribution in [1.82, 2.24) is 9.97 Å². The van der Waals surface area contributed by atoms with E-state index in [0.29, 0.717) is 22.4 Å². The first-order chi connectivity index (χ1) is 23.2. The molecule has 0 unspecified atom stereocenters. The van der Waals surface area contributed by atoms with Crippen LogP contribution < -0.4 is 0 Å². The van der Waals surface area contributed by atoms with Gasteiger partial charge in [0, 0.05) is 57.6 Å². The number of aryl methyl sites for hydroxylation is 2. The van der Waals surface area contributed by atoms with Crippen molar-refractivity contribution in [3.63, 3.8) is 0 Å². The summed E-state index contributed by atoms with van der Waals surface area (Å²) in [6, 6.07) is 36.7. The maximum atomic E-state index is 13.7. The van der Waals surface area contributed by atoms with Gasteiger partial charge in [-0.3, -0.25) is 0 Å². The summed E-state index contributed by atoms with van der Waals surface area (Å²) in [5, 5.41) is 1.82. The van der Waals surface area contributed by atoms with Gasteiger partial charge in [-0.15, -0.1) is 53.6 Å². The molecule has 7 aromatic rings. The van der Waals surface area contributed by atoms with Crippen LogP contribution >= 0.6 is 0 Å². The van der Waals surface area contributed by atoms with E-state index in [4.69, 9.17) is 12.6 Å². The van der Waals surface area contributed by atoms with Crippen molar-refractivity contribution in [3.05, 3.63) is 156 Å². The molecular weight excluding hydrogens is 724 g/mol. The molecule has 221 valence electrons. The van der Waals surface area contributed by atoms with E-state index in [2.05, 4.69) is 66.3 Å². The number of pyridine rings is 2. The number of halogens is 1. The van der Waals surface area contributed by atoms with E-state index in [1.807, 2.05) is 30.5 Å². The fraction of sp³-hybridized carbons (Fsp3) is 0.128. The molecule has 3 heterocycles. The molecule has 0 atom stereocenters. The van der Waals surface area contributed by atoms with Crippen LogP contribution in [0.4, 0.5) is 4.39 Å². The standard InChI is InChI=1S/C26H19FNO.C13H12N.Ir/c1-26(2,17-7-4-3-5-8-17)18-13-14-28-23(15-18)22-10-6-9-21-20-12-11-19(27)16-24(20)29-25(21)22;1-10-3-6-12(7-4-10)13-8-5-11(2)9-14-13;/h3-9,11-16H,1-2H3;3-6,8-9H,1-2H3;/q2*-1;/i;1D3,2D3;. The Morgan fingerprint density at radius 2 is 1.59 bits per heavy atom. The number of rotatable bonds is 4. The smallest absolute Gasteiger partial charge is 0.126 e. The number of fused-ring (bicyclic) bond motifs is 3. The van der Waals surface area contributed by atoms with Gasteiger partial charge in [0.1, 0.15) is 11.4 Å². The van der Waals surface area contributed by atoms with Crippen LogP contribution in [0.5, 0.6) is 0 Å². The summed E-state index contributed by atoms with van der Waals surface area (Å²) in [4.78, 5) is 8.66. The van der Waals surface area contributed by atoms with E-state index < -0.39 is 13.7 Å². The molecule has 0 aliphatic carbocycles. The van der Waals surface area contributed by atoms with Gasteiger partial charge in [-0.1, -0.05) is 80.2 Å². The molecule has 0 aliphatic heterocycles. The zero-order valence-corrected chi connectivity index (χ0v) is 26.4. The van der Waals surface area contributed by atoms with Crippen molar-refractivity contribution in [2.75, 3.05) is 0 Å². The molecule has 4 aromatic carbocycles. The van der Waals surface area contributed by atoms with Gasteiger partial charge in [-0.05, 0) is 53.1 Å². The molecule has 0 aliphatic rings. The predicted octanol–water partition coefficient (Wildman–Crippen LogP) is 10.1. The minimum Gasteiger partial charge on any atom is -0.500 e. The fourth-order valence-electron chi connectivity index (χ4n) is 5.02. The first-order valence-electron chi connectivity index (χ1n) is 16.8. The van der Waals surface area contributed by atoms with Crippen LogP contribution in [0.3, 0.4) is 0 Å². The van der Waals surface area contributed by atoms with Crippen LogP contribution in [0, 0.1) is 31.7 Å². The van der Waals surface area contributed by atoms with Crippen molar-refractivity contribution >= 4 is 21.9 Å². The van der Waals surface area contributed by atoms with E-state index in [1.54, 1.807) is 18.2 Å². The van der Waals surface area contributed by atoms with E-state index in [0.717, 1.165) is 27.6 Å². The van der Waals surface area contributed by atoms with Gasteiger partial charge in [0.15, 0.2) is 0 Å². The van der Waals surface area contributed by atoms with E-state index in [9.17, 15) is 4.39 Å². The van der Waals surface area contributed by atoms with Crippen molar-refractivity contribution in [1.29, 1.82) is 0 Å². The molecule has 0 saturated carbocycles. The SMILES string of the molecule is CC(C)(c1ccccc1)c1ccnc(-c2[c-]ccc3c2oc2cc(F)ccc23)c1.[2H]C([2H])([2H])c1c[c-]c(-c2ccc(C([2H])([2H])[2H])cn2)cc1.[Ir]. The van der Waals surface area contributed by atoms with Crippen molar-refractivity contribution < 1.29 is 37.1 Å². The maximum Gasteiger partial charge on any atom is 0.126 e. The van der Waals surface area contributed by atoms with Crippen LogP contribution in [0.2, 0.25) is 0 Å². The minimum atomic E-state index is -2.18. The second kappa shape index (κ2) is 13.1. The summed E-state index contributed by atoms with van der Waals surface area (Å²) >= 11 is 0. The molecule has 0 spiro atoms. The Hall–Kier alpha value is -4.44. The largest absolute Gasteiger partial charge is 0.500 e. The van der Waals surface area contributed by atoms with Crippen LogP contribution in [0.25, 0.3) is 44.5 Å². The van der Waals surface area contributed by atoms with Crippen molar-refractivity contribution in [2.24, 2.45) is 0 Å². The maximum absolute atomic E-state index is 13.7. The summed E-state index contributed by atoms with van der Waals surface area (Å²) in [6.45, 7) is 0.0688. The first-order valence-corrected chi connectivity index (χ1v) is 13.8. The normalized spacial score (nSPS) is 13.7. The Morgan fingerprint density at radius 1 is 0.773 bits per heavy atom. The summed E-state index contributed by atoms with van der Waals surface area (Å²) < 4.78 is 63.3. The number of hydrogen-bond donors (Lipinski definition) is 0. The minimum absolute atomic E-state index is 0. The molecule has 0 saturated heterocycles. The van der Waals surface area contributed by atoms with E-state index in [-0.39, 0.29) is 42.5 Å². The molecule has 3 nitrogen and oxygen atoms in total. The third-order valence-corrected chi connectivity index (χ3v) is 7.48. The fourth-order valence-corrected chi connectivity index (χ4v) is 5.02. The topological polar surface area (TPSA) is 38.9 Å². The second-order valence-corrected chi connectivity index (χ2v) is 10.7. The van der Waals surface area contributed by atoms with Crippen molar-refractivity contribution in [2.45, 2.75) is 33.0 Å². The van der Waals surface area contributed by atoms with Gasteiger partial charge in [-0.2, -0.15) is 0 Å². The molecule has 3 aromatic heterocycles.